The van der Waals surface area contributed by atoms with Gasteiger partial charge in [0.15, 0.2) is 5.96 Å². The first kappa shape index (κ1) is 23.8. The number of nitrogens with two attached hydrogens (primary N) is 1. The molecule has 0 bridgehead atoms. The summed E-state index contributed by atoms with van der Waals surface area (Å²) < 4.78 is 11.2. The summed E-state index contributed by atoms with van der Waals surface area (Å²) in [6.45, 7) is 11.5. The van der Waals surface area contributed by atoms with Crippen LogP contribution in [0.3, 0.4) is 0 Å². The SMILES string of the molecule is CCOc1ccc(OCC)c(NC(N)=NCC(C)N2CCCCC2C)c1.I. The number of anilines is 1. The molecule has 2 rings (SSSR count). The van der Waals surface area contributed by atoms with Gasteiger partial charge in [0.25, 0.3) is 0 Å². The summed E-state index contributed by atoms with van der Waals surface area (Å²) in [5.41, 5.74) is 6.91. The van der Waals surface area contributed by atoms with Crippen molar-refractivity contribution in [1.29, 1.82) is 0 Å². The summed E-state index contributed by atoms with van der Waals surface area (Å²) in [4.78, 5) is 7.08. The van der Waals surface area contributed by atoms with Gasteiger partial charge in [0, 0.05) is 18.2 Å². The lowest BCUT2D eigenvalue weighted by Crippen LogP contribution is -2.45. The van der Waals surface area contributed by atoms with Crippen LogP contribution >= 0.6 is 24.0 Å². The van der Waals surface area contributed by atoms with Gasteiger partial charge in [0.2, 0.25) is 0 Å². The summed E-state index contributed by atoms with van der Waals surface area (Å²) >= 11 is 0. The van der Waals surface area contributed by atoms with E-state index in [9.17, 15) is 0 Å². The number of hydrogen-bond acceptors (Lipinski definition) is 4. The third-order valence-corrected chi connectivity index (χ3v) is 4.77. The van der Waals surface area contributed by atoms with Crippen molar-refractivity contribution in [3.05, 3.63) is 18.2 Å². The largest absolute Gasteiger partial charge is 0.494 e. The van der Waals surface area contributed by atoms with Crippen molar-refractivity contribution in [2.24, 2.45) is 10.7 Å². The van der Waals surface area contributed by atoms with Crippen LogP contribution in [-0.4, -0.2) is 49.2 Å². The first-order valence-electron chi connectivity index (χ1n) is 9.77. The Morgan fingerprint density at radius 1 is 1.30 bits per heavy atom. The molecule has 2 unspecified atom stereocenters. The maximum Gasteiger partial charge on any atom is 0.193 e. The molecular weight excluding hydrogens is 455 g/mol. The number of guanidine groups is 1. The normalized spacial score (nSPS) is 19.1. The Balaban J connectivity index is 0.00000364. The first-order valence-corrected chi connectivity index (χ1v) is 9.77. The molecule has 1 heterocycles. The van der Waals surface area contributed by atoms with Gasteiger partial charge in [-0.3, -0.25) is 9.89 Å². The summed E-state index contributed by atoms with van der Waals surface area (Å²) in [6, 6.07) is 6.68. The van der Waals surface area contributed by atoms with Crippen LogP contribution in [0.25, 0.3) is 0 Å². The Labute approximate surface area is 180 Å². The molecule has 27 heavy (non-hydrogen) atoms. The molecule has 1 aromatic rings. The Kier molecular flexibility index (Phi) is 10.8. The van der Waals surface area contributed by atoms with Gasteiger partial charge in [-0.1, -0.05) is 6.42 Å². The second-order valence-electron chi connectivity index (χ2n) is 6.81. The molecule has 1 aromatic carbocycles. The lowest BCUT2D eigenvalue weighted by atomic mass is 10.0. The van der Waals surface area contributed by atoms with Crippen molar-refractivity contribution in [2.45, 2.75) is 59.0 Å². The molecule has 7 heteroatoms. The molecule has 1 aliphatic heterocycles. The number of rotatable bonds is 8. The van der Waals surface area contributed by atoms with Crippen LogP contribution < -0.4 is 20.5 Å². The standard InChI is InChI=1S/C20H34N4O2.HI/c1-5-25-17-10-11-19(26-6-2)18(13-17)23-20(21)22-14-16(4)24-12-8-7-9-15(24)3;/h10-11,13,15-16H,5-9,12,14H2,1-4H3,(H3,21,22,23);1H. The minimum absolute atomic E-state index is 0. The van der Waals surface area contributed by atoms with Crippen LogP contribution in [0.1, 0.15) is 47.0 Å². The smallest absolute Gasteiger partial charge is 0.193 e. The number of hydrogen-bond donors (Lipinski definition) is 2. The van der Waals surface area contributed by atoms with E-state index in [1.807, 2.05) is 32.0 Å². The summed E-state index contributed by atoms with van der Waals surface area (Å²) in [7, 11) is 0. The third kappa shape index (κ3) is 7.37. The van der Waals surface area contributed by atoms with Gasteiger partial charge < -0.3 is 20.5 Å². The third-order valence-electron chi connectivity index (χ3n) is 4.77. The minimum Gasteiger partial charge on any atom is -0.494 e. The van der Waals surface area contributed by atoms with Crippen LogP contribution in [-0.2, 0) is 0 Å². The molecule has 3 N–H and O–H groups in total. The van der Waals surface area contributed by atoms with E-state index >= 15 is 0 Å². The number of nitrogens with one attached hydrogen (secondary N) is 1. The minimum atomic E-state index is 0. The van der Waals surface area contributed by atoms with Crippen molar-refractivity contribution < 1.29 is 9.47 Å². The number of benzene rings is 1. The van der Waals surface area contributed by atoms with Gasteiger partial charge in [-0.05, 0) is 59.2 Å². The highest BCUT2D eigenvalue weighted by atomic mass is 127. The highest BCUT2D eigenvalue weighted by Crippen LogP contribution is 2.29. The fourth-order valence-electron chi connectivity index (χ4n) is 3.43. The number of aliphatic imine (C=N–C) groups is 1. The Morgan fingerprint density at radius 2 is 2.04 bits per heavy atom. The second-order valence-corrected chi connectivity index (χ2v) is 6.81. The topological polar surface area (TPSA) is 72.1 Å². The predicted octanol–water partition coefficient (Wildman–Crippen LogP) is 4.09. The van der Waals surface area contributed by atoms with Gasteiger partial charge in [-0.2, -0.15) is 0 Å². The van der Waals surface area contributed by atoms with E-state index < -0.39 is 0 Å². The number of likely N-dealkylation sites (tertiary alicyclic amines) is 1. The molecule has 1 fully saturated rings. The first-order chi connectivity index (χ1) is 12.5. The molecule has 154 valence electrons. The Hall–Kier alpha value is -1.22. The van der Waals surface area contributed by atoms with Crippen molar-refractivity contribution in [3.8, 4) is 11.5 Å². The van der Waals surface area contributed by atoms with E-state index in [1.54, 1.807) is 0 Å². The zero-order chi connectivity index (χ0) is 18.9. The van der Waals surface area contributed by atoms with Crippen LogP contribution in [0.5, 0.6) is 11.5 Å². The average Bonchev–Trinajstić information content (AvgIpc) is 2.62. The molecule has 0 spiro atoms. The highest BCUT2D eigenvalue weighted by Gasteiger charge is 2.22. The molecule has 0 aromatic heterocycles. The highest BCUT2D eigenvalue weighted by molar-refractivity contribution is 14.0. The van der Waals surface area contributed by atoms with E-state index in [-0.39, 0.29) is 24.0 Å². The predicted molar refractivity (Wildman–Crippen MR) is 124 cm³/mol. The Morgan fingerprint density at radius 3 is 2.70 bits per heavy atom. The van der Waals surface area contributed by atoms with Gasteiger partial charge in [-0.25, -0.2) is 0 Å². The van der Waals surface area contributed by atoms with Gasteiger partial charge in [-0.15, -0.1) is 24.0 Å². The van der Waals surface area contributed by atoms with Crippen molar-refractivity contribution >= 4 is 35.6 Å². The van der Waals surface area contributed by atoms with Crippen molar-refractivity contribution in [3.63, 3.8) is 0 Å². The fourth-order valence-corrected chi connectivity index (χ4v) is 3.43. The maximum atomic E-state index is 6.13. The molecule has 0 radical (unpaired) electrons. The van der Waals surface area contributed by atoms with Crippen LogP contribution in [0.2, 0.25) is 0 Å². The fraction of sp³-hybridized carbons (Fsp3) is 0.650. The van der Waals surface area contributed by atoms with Crippen molar-refractivity contribution in [1.82, 2.24) is 4.90 Å². The average molecular weight is 490 g/mol. The second kappa shape index (κ2) is 12.3. The van der Waals surface area contributed by atoms with Crippen LogP contribution in [0.4, 0.5) is 5.69 Å². The lowest BCUT2D eigenvalue weighted by Gasteiger charge is -2.37. The quantitative estimate of drug-likeness (QED) is 0.326. The van der Waals surface area contributed by atoms with Gasteiger partial charge in [0.05, 0.1) is 25.4 Å². The molecule has 1 aliphatic rings. The molecule has 0 amide bonds. The molecular formula is C20H35IN4O2. The summed E-state index contributed by atoms with van der Waals surface area (Å²) in [5, 5.41) is 3.17. The monoisotopic (exact) mass is 490 g/mol. The lowest BCUT2D eigenvalue weighted by molar-refractivity contribution is 0.118. The van der Waals surface area contributed by atoms with E-state index in [4.69, 9.17) is 15.2 Å². The number of nitrogens with zero attached hydrogens (tertiary/aromatic N) is 2. The Bertz CT molecular complexity index is 597. The van der Waals surface area contributed by atoms with Gasteiger partial charge >= 0.3 is 0 Å². The number of piperidine rings is 1. The molecule has 6 nitrogen and oxygen atoms in total. The zero-order valence-electron chi connectivity index (χ0n) is 17.0. The summed E-state index contributed by atoms with van der Waals surface area (Å²) in [6.07, 6.45) is 3.87. The van der Waals surface area contributed by atoms with E-state index in [2.05, 4.69) is 29.1 Å². The zero-order valence-corrected chi connectivity index (χ0v) is 19.4. The molecule has 1 saturated heterocycles. The molecule has 2 atom stereocenters. The van der Waals surface area contributed by atoms with E-state index in [0.29, 0.717) is 37.8 Å². The number of halogens is 1. The van der Waals surface area contributed by atoms with Crippen molar-refractivity contribution in [2.75, 3.05) is 31.6 Å². The summed E-state index contributed by atoms with van der Waals surface area (Å²) in [5.74, 6) is 1.92. The number of ether oxygens (including phenoxy) is 2. The molecule has 0 saturated carbocycles. The van der Waals surface area contributed by atoms with Crippen LogP contribution in [0.15, 0.2) is 23.2 Å². The van der Waals surface area contributed by atoms with E-state index in [0.717, 1.165) is 23.7 Å². The van der Waals surface area contributed by atoms with Crippen LogP contribution in [0, 0.1) is 0 Å². The van der Waals surface area contributed by atoms with E-state index in [1.165, 1.54) is 19.3 Å². The maximum absolute atomic E-state index is 6.13. The van der Waals surface area contributed by atoms with Gasteiger partial charge in [0.1, 0.15) is 11.5 Å². The molecule has 0 aliphatic carbocycles.